The Kier molecular flexibility index (Phi) is 5.17. The van der Waals surface area contributed by atoms with Gasteiger partial charge < -0.3 is 4.74 Å². The zero-order valence-corrected chi connectivity index (χ0v) is 10.7. The van der Waals surface area contributed by atoms with Gasteiger partial charge in [-0.1, -0.05) is 11.8 Å². The number of nitrogens with zero attached hydrogens (tertiary/aromatic N) is 2. The summed E-state index contributed by atoms with van der Waals surface area (Å²) in [5, 5.41) is 7.45. The third-order valence-electron chi connectivity index (χ3n) is 3.92. The third-order valence-corrected chi connectivity index (χ3v) is 3.92. The van der Waals surface area contributed by atoms with Crippen molar-refractivity contribution in [3.63, 3.8) is 0 Å². The molecule has 0 aromatic heterocycles. The summed E-state index contributed by atoms with van der Waals surface area (Å²) in [4.78, 5) is 2.43. The van der Waals surface area contributed by atoms with E-state index in [0.29, 0.717) is 6.04 Å². The van der Waals surface area contributed by atoms with E-state index in [0.717, 1.165) is 39.4 Å². The van der Waals surface area contributed by atoms with Gasteiger partial charge in [0.05, 0.1) is 13.2 Å². The molecule has 2 rings (SSSR count). The van der Waals surface area contributed by atoms with Crippen LogP contribution in [0.3, 0.4) is 0 Å². The molecular formula is C13H24N3O+. The molecule has 0 aromatic rings. The average Bonchev–Trinajstić information content (AvgIpc) is 2.42. The van der Waals surface area contributed by atoms with Crippen LogP contribution in [0.2, 0.25) is 0 Å². The highest BCUT2D eigenvalue weighted by Gasteiger charge is 2.21. The Labute approximate surface area is 104 Å². The summed E-state index contributed by atoms with van der Waals surface area (Å²) in [5.41, 5.74) is 0. The molecule has 0 atom stereocenters. The Bertz CT molecular complexity index is 274. The lowest BCUT2D eigenvalue weighted by atomic mass is 9.95. The maximum absolute atomic E-state index is 7.45. The Hall–Kier alpha value is -0.700. The van der Waals surface area contributed by atoms with Crippen molar-refractivity contribution in [2.75, 3.05) is 39.4 Å². The van der Waals surface area contributed by atoms with Crippen LogP contribution in [0.5, 0.6) is 0 Å². The van der Waals surface area contributed by atoms with Gasteiger partial charge in [0.15, 0.2) is 0 Å². The number of morpholine rings is 1. The van der Waals surface area contributed by atoms with Crippen molar-refractivity contribution in [2.24, 2.45) is 0 Å². The van der Waals surface area contributed by atoms with Gasteiger partial charge >= 0.3 is 6.01 Å². The quantitative estimate of drug-likeness (QED) is 0.594. The molecule has 0 unspecified atom stereocenters. The van der Waals surface area contributed by atoms with E-state index in [2.05, 4.69) is 15.5 Å². The molecule has 0 aromatic carbocycles. The summed E-state index contributed by atoms with van der Waals surface area (Å²) in [6.45, 7) is 5.79. The molecule has 2 fully saturated rings. The summed E-state index contributed by atoms with van der Waals surface area (Å²) in [6, 6.07) is 3.21. The lowest BCUT2D eigenvalue weighted by molar-refractivity contribution is -0.564. The minimum Gasteiger partial charge on any atom is -0.379 e. The Balaban J connectivity index is 1.76. The summed E-state index contributed by atoms with van der Waals surface area (Å²) < 4.78 is 7.46. The molecule has 4 heteroatoms. The van der Waals surface area contributed by atoms with Crippen LogP contribution in [0.1, 0.15) is 32.1 Å². The monoisotopic (exact) mass is 238 g/mol. The summed E-state index contributed by atoms with van der Waals surface area (Å²) in [6.07, 6.45) is 6.50. The first kappa shape index (κ1) is 12.7. The molecule has 4 nitrogen and oxygen atoms in total. The highest BCUT2D eigenvalue weighted by atomic mass is 16.5. The summed E-state index contributed by atoms with van der Waals surface area (Å²) >= 11 is 0. The summed E-state index contributed by atoms with van der Waals surface area (Å²) in [5.74, 6) is 0. The molecule has 1 saturated heterocycles. The fourth-order valence-electron chi connectivity index (χ4n) is 2.80. The molecule has 1 N–H and O–H groups in total. The summed E-state index contributed by atoms with van der Waals surface area (Å²) in [7, 11) is 0. The van der Waals surface area contributed by atoms with Crippen LogP contribution in [0.25, 0.3) is 0 Å². The van der Waals surface area contributed by atoms with E-state index >= 15 is 0 Å². The van der Waals surface area contributed by atoms with Crippen molar-refractivity contribution in [2.45, 2.75) is 38.1 Å². The molecule has 1 heterocycles. The number of rotatable bonds is 4. The Morgan fingerprint density at radius 3 is 2.53 bits per heavy atom. The topological polar surface area (TPSA) is 39.3 Å². The molecule has 2 aliphatic rings. The molecule has 0 radical (unpaired) electrons. The van der Waals surface area contributed by atoms with Crippen molar-refractivity contribution in [3.8, 4) is 0 Å². The number of ether oxygens (including phenoxy) is 1. The van der Waals surface area contributed by atoms with E-state index < -0.39 is 0 Å². The predicted octanol–water partition coefficient (Wildman–Crippen LogP) is 1.42. The number of hydrogen-bond acceptors (Lipinski definition) is 3. The van der Waals surface area contributed by atoms with Crippen LogP contribution in [0, 0.1) is 5.41 Å². The van der Waals surface area contributed by atoms with Crippen LogP contribution < -0.4 is 0 Å². The number of hydrogen-bond donors (Lipinski definition) is 1. The first-order valence-electron chi connectivity index (χ1n) is 6.89. The van der Waals surface area contributed by atoms with E-state index in [1.54, 1.807) is 0 Å². The Morgan fingerprint density at radius 2 is 1.88 bits per heavy atom. The van der Waals surface area contributed by atoms with Gasteiger partial charge in [-0.2, -0.15) is 0 Å². The highest BCUT2D eigenvalue weighted by Crippen LogP contribution is 2.19. The Morgan fingerprint density at radius 1 is 1.18 bits per heavy atom. The molecular weight excluding hydrogens is 214 g/mol. The maximum Gasteiger partial charge on any atom is 0.304 e. The standard InChI is InChI=1S/C13H24N3O/c14-12-16(13-4-2-1-3-5-13)7-6-15-8-10-17-11-9-15/h13-14H,1-11H2/q+1. The van der Waals surface area contributed by atoms with Crippen LogP contribution in [0.4, 0.5) is 0 Å². The molecule has 96 valence electrons. The SMILES string of the molecule is N=C=[N+](CCN1CCOCC1)C1CCCCC1. The fraction of sp³-hybridized carbons (Fsp3) is 0.923. The zero-order valence-electron chi connectivity index (χ0n) is 10.7. The van der Waals surface area contributed by atoms with Gasteiger partial charge in [-0.15, -0.1) is 0 Å². The van der Waals surface area contributed by atoms with Gasteiger partial charge in [0.1, 0.15) is 12.6 Å². The van der Waals surface area contributed by atoms with E-state index in [1.807, 2.05) is 0 Å². The minimum absolute atomic E-state index is 0.572. The lowest BCUT2D eigenvalue weighted by Gasteiger charge is -2.27. The minimum atomic E-state index is 0.572. The normalized spacial score (nSPS) is 23.3. The molecule has 1 aliphatic carbocycles. The van der Waals surface area contributed by atoms with Gasteiger partial charge in [-0.25, -0.2) is 4.58 Å². The predicted molar refractivity (Wildman–Crippen MR) is 67.0 cm³/mol. The average molecular weight is 238 g/mol. The number of nitrogens with one attached hydrogen (secondary N) is 1. The van der Waals surface area contributed by atoms with Gasteiger partial charge in [0.2, 0.25) is 0 Å². The molecule has 0 amide bonds. The lowest BCUT2D eigenvalue weighted by Crippen LogP contribution is -2.41. The first-order chi connectivity index (χ1) is 8.40. The maximum atomic E-state index is 7.45. The largest absolute Gasteiger partial charge is 0.379 e. The van der Waals surface area contributed by atoms with Crippen molar-refractivity contribution in [1.82, 2.24) is 4.90 Å². The van der Waals surface area contributed by atoms with Crippen molar-refractivity contribution in [1.29, 1.82) is 5.41 Å². The first-order valence-corrected chi connectivity index (χ1v) is 6.89. The second-order valence-corrected chi connectivity index (χ2v) is 5.05. The van der Waals surface area contributed by atoms with E-state index in [1.165, 1.54) is 32.1 Å². The van der Waals surface area contributed by atoms with E-state index in [-0.39, 0.29) is 0 Å². The van der Waals surface area contributed by atoms with Crippen molar-refractivity contribution >= 4 is 6.01 Å². The van der Waals surface area contributed by atoms with Gasteiger partial charge in [-0.3, -0.25) is 4.90 Å². The molecule has 1 aliphatic heterocycles. The highest BCUT2D eigenvalue weighted by molar-refractivity contribution is 5.28. The third kappa shape index (κ3) is 3.91. The second-order valence-electron chi connectivity index (χ2n) is 5.05. The van der Waals surface area contributed by atoms with Crippen molar-refractivity contribution in [3.05, 3.63) is 0 Å². The van der Waals surface area contributed by atoms with Gasteiger partial charge in [-0.05, 0) is 25.7 Å². The van der Waals surface area contributed by atoms with Crippen LogP contribution in [-0.2, 0) is 4.74 Å². The van der Waals surface area contributed by atoms with Crippen LogP contribution in [-0.4, -0.2) is 60.9 Å². The smallest absolute Gasteiger partial charge is 0.304 e. The second kappa shape index (κ2) is 6.90. The van der Waals surface area contributed by atoms with E-state index in [4.69, 9.17) is 10.1 Å². The molecule has 1 saturated carbocycles. The molecule has 0 bridgehead atoms. The molecule has 0 spiro atoms. The van der Waals surface area contributed by atoms with Gasteiger partial charge in [0.25, 0.3) is 0 Å². The van der Waals surface area contributed by atoms with E-state index in [9.17, 15) is 0 Å². The van der Waals surface area contributed by atoms with Crippen molar-refractivity contribution < 1.29 is 9.31 Å². The van der Waals surface area contributed by atoms with Crippen LogP contribution >= 0.6 is 0 Å². The zero-order chi connectivity index (χ0) is 11.9. The fourth-order valence-corrected chi connectivity index (χ4v) is 2.80. The van der Waals surface area contributed by atoms with Gasteiger partial charge in [0, 0.05) is 19.6 Å². The van der Waals surface area contributed by atoms with Crippen LogP contribution in [0.15, 0.2) is 0 Å². The molecule has 17 heavy (non-hydrogen) atoms.